The predicted molar refractivity (Wildman–Crippen MR) is 52.9 cm³/mol. The minimum Gasteiger partial charge on any atom is -0.358 e. The number of nitrogens with zero attached hydrogens (tertiary/aromatic N) is 2. The molecule has 1 unspecified atom stereocenters. The van der Waals surface area contributed by atoms with E-state index < -0.39 is 11.2 Å². The summed E-state index contributed by atoms with van der Waals surface area (Å²) in [5.41, 5.74) is 0. The maximum atomic E-state index is 12.2. The van der Waals surface area contributed by atoms with Crippen molar-refractivity contribution in [1.82, 2.24) is 10.2 Å². The van der Waals surface area contributed by atoms with E-state index in [-0.39, 0.29) is 11.2 Å². The van der Waals surface area contributed by atoms with Gasteiger partial charge in [0.15, 0.2) is 0 Å². The summed E-state index contributed by atoms with van der Waals surface area (Å²) < 4.78 is 36.5. The minimum absolute atomic E-state index is 0.115. The molecule has 0 amide bonds. The van der Waals surface area contributed by atoms with Crippen molar-refractivity contribution in [1.29, 1.82) is 0 Å². The van der Waals surface area contributed by atoms with E-state index in [0.717, 1.165) is 12.8 Å². The number of hydrogen-bond acceptors (Lipinski definition) is 4. The van der Waals surface area contributed by atoms with E-state index in [1.807, 2.05) is 13.8 Å². The lowest BCUT2D eigenvalue weighted by molar-refractivity contribution is -0.138. The summed E-state index contributed by atoms with van der Waals surface area (Å²) in [4.78, 5) is 0. The summed E-state index contributed by atoms with van der Waals surface area (Å²) in [5, 5.41) is 8.72. The van der Waals surface area contributed by atoms with Crippen LogP contribution in [0.4, 0.5) is 18.3 Å². The van der Waals surface area contributed by atoms with Crippen LogP contribution in [-0.2, 0) is 6.18 Å². The van der Waals surface area contributed by atoms with Gasteiger partial charge in [0, 0.05) is 6.04 Å². The first kappa shape index (κ1) is 12.2. The van der Waals surface area contributed by atoms with E-state index in [2.05, 4.69) is 15.5 Å². The van der Waals surface area contributed by atoms with Crippen LogP contribution in [0.5, 0.6) is 0 Å². The first-order valence-corrected chi connectivity index (χ1v) is 5.42. The molecule has 7 heteroatoms. The van der Waals surface area contributed by atoms with E-state index in [0.29, 0.717) is 11.3 Å². The quantitative estimate of drug-likeness (QED) is 0.877. The third-order valence-electron chi connectivity index (χ3n) is 1.76. The minimum atomic E-state index is -4.40. The zero-order chi connectivity index (χ0) is 11.5. The molecule has 0 saturated heterocycles. The van der Waals surface area contributed by atoms with E-state index in [9.17, 15) is 13.2 Å². The maximum Gasteiger partial charge on any atom is 0.445 e. The monoisotopic (exact) mass is 239 g/mol. The van der Waals surface area contributed by atoms with Crippen LogP contribution in [0.25, 0.3) is 0 Å². The molecular formula is C8H12F3N3S. The van der Waals surface area contributed by atoms with Crippen LogP contribution in [0.3, 0.4) is 0 Å². The molecular weight excluding hydrogens is 227 g/mol. The van der Waals surface area contributed by atoms with Gasteiger partial charge >= 0.3 is 6.18 Å². The van der Waals surface area contributed by atoms with Gasteiger partial charge in [-0.3, -0.25) is 0 Å². The molecule has 0 aliphatic heterocycles. The normalized spacial score (nSPS) is 13.9. The van der Waals surface area contributed by atoms with Crippen LogP contribution in [0.2, 0.25) is 0 Å². The maximum absolute atomic E-state index is 12.2. The number of nitrogens with one attached hydrogen (secondary N) is 1. The largest absolute Gasteiger partial charge is 0.445 e. The Kier molecular flexibility index (Phi) is 3.90. The van der Waals surface area contributed by atoms with Crippen molar-refractivity contribution in [3.8, 4) is 0 Å². The molecule has 1 heterocycles. The molecule has 1 atom stereocenters. The molecule has 0 aliphatic carbocycles. The fourth-order valence-electron chi connectivity index (χ4n) is 1.11. The van der Waals surface area contributed by atoms with Crippen molar-refractivity contribution in [2.24, 2.45) is 0 Å². The SMILES string of the molecule is CCCC(C)Nc1nnc(C(F)(F)F)s1. The molecule has 1 aromatic heterocycles. The van der Waals surface area contributed by atoms with Crippen LogP contribution < -0.4 is 5.32 Å². The molecule has 0 saturated carbocycles. The van der Waals surface area contributed by atoms with Crippen molar-refractivity contribution in [2.45, 2.75) is 38.9 Å². The Labute approximate surface area is 89.7 Å². The predicted octanol–water partition coefficient (Wildman–Crippen LogP) is 3.16. The molecule has 15 heavy (non-hydrogen) atoms. The van der Waals surface area contributed by atoms with Gasteiger partial charge in [-0.15, -0.1) is 10.2 Å². The molecule has 86 valence electrons. The van der Waals surface area contributed by atoms with Gasteiger partial charge < -0.3 is 5.32 Å². The smallest absolute Gasteiger partial charge is 0.358 e. The summed E-state index contributed by atoms with van der Waals surface area (Å²) in [6.45, 7) is 3.91. The third-order valence-corrected chi connectivity index (χ3v) is 2.66. The van der Waals surface area contributed by atoms with Gasteiger partial charge in [0.05, 0.1) is 0 Å². The van der Waals surface area contributed by atoms with Crippen LogP contribution >= 0.6 is 11.3 Å². The van der Waals surface area contributed by atoms with E-state index in [1.54, 1.807) is 0 Å². The Hall–Kier alpha value is -0.850. The number of aromatic nitrogens is 2. The zero-order valence-electron chi connectivity index (χ0n) is 8.43. The van der Waals surface area contributed by atoms with E-state index in [4.69, 9.17) is 0 Å². The molecule has 0 bridgehead atoms. The van der Waals surface area contributed by atoms with Gasteiger partial charge in [-0.2, -0.15) is 13.2 Å². The van der Waals surface area contributed by atoms with Crippen LogP contribution in [-0.4, -0.2) is 16.2 Å². The van der Waals surface area contributed by atoms with Gasteiger partial charge in [-0.1, -0.05) is 24.7 Å². The van der Waals surface area contributed by atoms with Gasteiger partial charge in [-0.05, 0) is 13.3 Å². The highest BCUT2D eigenvalue weighted by Crippen LogP contribution is 2.33. The average molecular weight is 239 g/mol. The first-order valence-electron chi connectivity index (χ1n) is 4.60. The summed E-state index contributed by atoms with van der Waals surface area (Å²) in [6.07, 6.45) is -2.54. The molecule has 3 nitrogen and oxygen atoms in total. The van der Waals surface area contributed by atoms with Crippen molar-refractivity contribution in [3.63, 3.8) is 0 Å². The average Bonchev–Trinajstić information content (AvgIpc) is 2.52. The lowest BCUT2D eigenvalue weighted by atomic mass is 10.2. The van der Waals surface area contributed by atoms with Crippen LogP contribution in [0.1, 0.15) is 31.7 Å². The summed E-state index contributed by atoms with van der Waals surface area (Å²) in [6, 6.07) is 0.115. The third kappa shape index (κ3) is 3.65. The van der Waals surface area contributed by atoms with Gasteiger partial charge in [-0.25, -0.2) is 0 Å². The van der Waals surface area contributed by atoms with Crippen LogP contribution in [0, 0.1) is 0 Å². The molecule has 0 aliphatic rings. The highest BCUT2D eigenvalue weighted by Gasteiger charge is 2.35. The fourth-order valence-corrected chi connectivity index (χ4v) is 1.83. The Morgan fingerprint density at radius 1 is 1.40 bits per heavy atom. The van der Waals surface area contributed by atoms with E-state index >= 15 is 0 Å². The Balaban J connectivity index is 2.61. The second kappa shape index (κ2) is 4.78. The fraction of sp³-hybridized carbons (Fsp3) is 0.750. The highest BCUT2D eigenvalue weighted by atomic mass is 32.1. The van der Waals surface area contributed by atoms with Gasteiger partial charge in [0.25, 0.3) is 0 Å². The van der Waals surface area contributed by atoms with E-state index in [1.165, 1.54) is 0 Å². The van der Waals surface area contributed by atoms with Crippen molar-refractivity contribution >= 4 is 16.5 Å². The number of anilines is 1. The lowest BCUT2D eigenvalue weighted by Gasteiger charge is -2.09. The van der Waals surface area contributed by atoms with Crippen molar-refractivity contribution < 1.29 is 13.2 Å². The van der Waals surface area contributed by atoms with Crippen molar-refractivity contribution in [2.75, 3.05) is 5.32 Å². The molecule has 1 rings (SSSR count). The summed E-state index contributed by atoms with van der Waals surface area (Å²) in [7, 11) is 0. The second-order valence-corrected chi connectivity index (χ2v) is 4.22. The van der Waals surface area contributed by atoms with Crippen LogP contribution in [0.15, 0.2) is 0 Å². The Morgan fingerprint density at radius 2 is 2.07 bits per heavy atom. The standard InChI is InChI=1S/C8H12F3N3S/c1-3-4-5(2)12-7-14-13-6(15-7)8(9,10)11/h5H,3-4H2,1-2H3,(H,12,14). The summed E-state index contributed by atoms with van der Waals surface area (Å²) in [5.74, 6) is 0. The Morgan fingerprint density at radius 3 is 2.53 bits per heavy atom. The number of halogens is 3. The molecule has 0 aromatic carbocycles. The molecule has 0 spiro atoms. The summed E-state index contributed by atoms with van der Waals surface area (Å²) >= 11 is 0.536. The highest BCUT2D eigenvalue weighted by molar-refractivity contribution is 7.15. The zero-order valence-corrected chi connectivity index (χ0v) is 9.24. The molecule has 1 aromatic rings. The topological polar surface area (TPSA) is 37.8 Å². The Bertz CT molecular complexity index is 310. The first-order chi connectivity index (χ1) is 6.93. The number of rotatable bonds is 4. The van der Waals surface area contributed by atoms with Gasteiger partial charge in [0.2, 0.25) is 10.1 Å². The van der Waals surface area contributed by atoms with Crippen molar-refractivity contribution in [3.05, 3.63) is 5.01 Å². The molecule has 1 N–H and O–H groups in total. The second-order valence-electron chi connectivity index (χ2n) is 3.24. The number of alkyl halides is 3. The lowest BCUT2D eigenvalue weighted by Crippen LogP contribution is -2.14. The number of hydrogen-bond donors (Lipinski definition) is 1. The molecule has 0 fully saturated rings. The van der Waals surface area contributed by atoms with Gasteiger partial charge in [0.1, 0.15) is 0 Å². The molecule has 0 radical (unpaired) electrons.